The Bertz CT molecular complexity index is 1130. The second-order valence-corrected chi connectivity index (χ2v) is 8.74. The van der Waals surface area contributed by atoms with Gasteiger partial charge in [-0.15, -0.1) is 12.4 Å². The zero-order chi connectivity index (χ0) is 19.2. The molecule has 1 N–H and O–H groups in total. The van der Waals surface area contributed by atoms with Crippen molar-refractivity contribution in [1.82, 2.24) is 9.29 Å². The quantitative estimate of drug-likeness (QED) is 0.632. The fourth-order valence-corrected chi connectivity index (χ4v) is 5.59. The molecule has 148 valence electrons. The Kier molecular flexibility index (Phi) is 5.87. The molecule has 0 amide bonds. The number of nitrogens with one attached hydrogen (secondary N) is 1. The van der Waals surface area contributed by atoms with Crippen LogP contribution >= 0.6 is 24.0 Å². The van der Waals surface area contributed by atoms with E-state index in [0.29, 0.717) is 22.8 Å². The molecule has 0 saturated heterocycles. The predicted molar refractivity (Wildman–Crippen MR) is 111 cm³/mol. The first-order valence-electron chi connectivity index (χ1n) is 8.61. The third kappa shape index (κ3) is 3.35. The summed E-state index contributed by atoms with van der Waals surface area (Å²) in [6.07, 6.45) is 1.39. The minimum Gasteiger partial charge on any atom is -0.313 e. The molecular weight excluding hydrogens is 422 g/mol. The summed E-state index contributed by atoms with van der Waals surface area (Å²) in [5.41, 5.74) is 2.17. The van der Waals surface area contributed by atoms with Crippen molar-refractivity contribution in [2.24, 2.45) is 0 Å². The molecule has 0 fully saturated rings. The number of rotatable bonds is 4. The Morgan fingerprint density at radius 2 is 1.89 bits per heavy atom. The van der Waals surface area contributed by atoms with Gasteiger partial charge in [-0.1, -0.05) is 29.8 Å². The molecule has 0 aliphatic heterocycles. The molecule has 2 aromatic carbocycles. The molecule has 28 heavy (non-hydrogen) atoms. The molecule has 0 saturated carbocycles. The van der Waals surface area contributed by atoms with E-state index in [-0.39, 0.29) is 28.9 Å². The lowest BCUT2D eigenvalue weighted by Crippen LogP contribution is -2.17. The molecule has 0 radical (unpaired) electrons. The van der Waals surface area contributed by atoms with Crippen molar-refractivity contribution in [1.29, 1.82) is 0 Å². The van der Waals surface area contributed by atoms with Crippen molar-refractivity contribution in [3.8, 4) is 11.3 Å². The minimum atomic E-state index is -3.93. The first kappa shape index (κ1) is 20.9. The van der Waals surface area contributed by atoms with Crippen LogP contribution in [0.3, 0.4) is 0 Å². The van der Waals surface area contributed by atoms with Crippen molar-refractivity contribution in [2.45, 2.75) is 23.8 Å². The zero-order valence-electron chi connectivity index (χ0n) is 15.0. The zero-order valence-corrected chi connectivity index (χ0v) is 17.4. The highest BCUT2D eigenvalue weighted by Gasteiger charge is 2.33. The summed E-state index contributed by atoms with van der Waals surface area (Å²) < 4.78 is 42.7. The summed E-state index contributed by atoms with van der Waals surface area (Å²) in [6, 6.07) is 14.2. The number of aromatic nitrogens is 1. The van der Waals surface area contributed by atoms with Gasteiger partial charge in [0.05, 0.1) is 10.6 Å². The van der Waals surface area contributed by atoms with Crippen molar-refractivity contribution < 1.29 is 12.8 Å². The molecule has 4 rings (SSSR count). The second kappa shape index (κ2) is 7.87. The SMILES string of the molecule is CNC1CCc2c1cc(-c1ccccc1F)n2S(=O)(=O)c1cccc(Cl)c1.Cl. The standard InChI is InChI=1S/C20H18ClFN2O2S.ClH/c1-23-18-9-10-19-16(18)12-20(15-7-2-3-8-17(15)22)24(19)27(25,26)14-6-4-5-13(21)11-14;/h2-8,11-12,18,23H,9-10H2,1H3;1H. The second-order valence-electron chi connectivity index (χ2n) is 6.52. The van der Waals surface area contributed by atoms with Gasteiger partial charge in [-0.3, -0.25) is 0 Å². The Morgan fingerprint density at radius 3 is 2.57 bits per heavy atom. The van der Waals surface area contributed by atoms with Crippen LogP contribution in [0.15, 0.2) is 59.5 Å². The van der Waals surface area contributed by atoms with E-state index in [1.54, 1.807) is 36.4 Å². The molecule has 3 aromatic rings. The Morgan fingerprint density at radius 1 is 1.14 bits per heavy atom. The first-order chi connectivity index (χ1) is 12.9. The van der Waals surface area contributed by atoms with Crippen LogP contribution in [-0.2, 0) is 16.4 Å². The molecule has 1 heterocycles. The molecule has 8 heteroatoms. The summed E-state index contributed by atoms with van der Waals surface area (Å²) in [6.45, 7) is 0. The molecule has 1 atom stereocenters. The fraction of sp³-hybridized carbons (Fsp3) is 0.200. The topological polar surface area (TPSA) is 51.1 Å². The number of halogens is 3. The van der Waals surface area contributed by atoms with E-state index in [1.807, 2.05) is 7.05 Å². The summed E-state index contributed by atoms with van der Waals surface area (Å²) in [7, 11) is -2.09. The predicted octanol–water partition coefficient (Wildman–Crippen LogP) is 4.81. The summed E-state index contributed by atoms with van der Waals surface area (Å²) in [5.74, 6) is -0.461. The number of fused-ring (bicyclic) bond motifs is 1. The lowest BCUT2D eigenvalue weighted by molar-refractivity contribution is 0.581. The van der Waals surface area contributed by atoms with Crippen LogP contribution in [0.4, 0.5) is 4.39 Å². The van der Waals surface area contributed by atoms with Crippen molar-refractivity contribution in [2.75, 3.05) is 7.05 Å². The van der Waals surface area contributed by atoms with E-state index in [4.69, 9.17) is 11.6 Å². The third-order valence-electron chi connectivity index (χ3n) is 4.97. The maximum Gasteiger partial charge on any atom is 0.268 e. The molecule has 4 nitrogen and oxygen atoms in total. The van der Waals surface area contributed by atoms with Gasteiger partial charge in [0.25, 0.3) is 10.0 Å². The van der Waals surface area contributed by atoms with Crippen molar-refractivity contribution in [3.05, 3.63) is 76.7 Å². The van der Waals surface area contributed by atoms with E-state index in [1.165, 1.54) is 22.2 Å². The molecular formula is C20H19Cl2FN2O2S. The van der Waals surface area contributed by atoms with Crippen molar-refractivity contribution >= 4 is 34.0 Å². The van der Waals surface area contributed by atoms with Crippen molar-refractivity contribution in [3.63, 3.8) is 0 Å². The van der Waals surface area contributed by atoms with E-state index in [2.05, 4.69) is 5.32 Å². The Hall–Kier alpha value is -1.86. The van der Waals surface area contributed by atoms with Crippen LogP contribution in [0.25, 0.3) is 11.3 Å². The highest BCUT2D eigenvalue weighted by molar-refractivity contribution is 7.90. The van der Waals surface area contributed by atoms with Gasteiger partial charge in [-0.2, -0.15) is 0 Å². The largest absolute Gasteiger partial charge is 0.313 e. The van der Waals surface area contributed by atoms with Crippen LogP contribution in [0.1, 0.15) is 23.7 Å². The summed E-state index contributed by atoms with van der Waals surface area (Å²) >= 11 is 6.01. The highest BCUT2D eigenvalue weighted by atomic mass is 35.5. The molecule has 1 aromatic heterocycles. The first-order valence-corrected chi connectivity index (χ1v) is 10.4. The average molecular weight is 441 g/mol. The third-order valence-corrected chi connectivity index (χ3v) is 6.95. The summed E-state index contributed by atoms with van der Waals surface area (Å²) in [5, 5.41) is 3.54. The van der Waals surface area contributed by atoms with Gasteiger partial charge < -0.3 is 5.32 Å². The van der Waals surface area contributed by atoms with E-state index in [0.717, 1.165) is 12.0 Å². The monoisotopic (exact) mass is 440 g/mol. The van der Waals surface area contributed by atoms with Gasteiger partial charge in [-0.05, 0) is 61.9 Å². The normalized spacial score (nSPS) is 15.9. The molecule has 0 spiro atoms. The van der Waals surface area contributed by atoms with Crippen LogP contribution in [0, 0.1) is 5.82 Å². The van der Waals surface area contributed by atoms with Crippen LogP contribution in [0.5, 0.6) is 0 Å². The maximum absolute atomic E-state index is 14.5. The van der Waals surface area contributed by atoms with E-state index < -0.39 is 15.8 Å². The summed E-state index contributed by atoms with van der Waals surface area (Å²) in [4.78, 5) is 0.0823. The van der Waals surface area contributed by atoms with Gasteiger partial charge in [0.2, 0.25) is 0 Å². The number of benzene rings is 2. The smallest absolute Gasteiger partial charge is 0.268 e. The van der Waals surface area contributed by atoms with Gasteiger partial charge in [0, 0.05) is 22.3 Å². The van der Waals surface area contributed by atoms with Gasteiger partial charge in [0.1, 0.15) is 5.82 Å². The van der Waals surface area contributed by atoms with Crippen LogP contribution in [0.2, 0.25) is 5.02 Å². The van der Waals surface area contributed by atoms with Crippen LogP contribution < -0.4 is 5.32 Å². The highest BCUT2D eigenvalue weighted by Crippen LogP contribution is 2.40. The molecule has 1 aliphatic rings. The lowest BCUT2D eigenvalue weighted by Gasteiger charge is -2.14. The molecule has 1 unspecified atom stereocenters. The Balaban J connectivity index is 0.00000225. The number of hydrogen-bond acceptors (Lipinski definition) is 3. The fourth-order valence-electron chi connectivity index (χ4n) is 3.70. The van der Waals surface area contributed by atoms with Gasteiger partial charge in [-0.25, -0.2) is 16.8 Å². The lowest BCUT2D eigenvalue weighted by atomic mass is 10.1. The van der Waals surface area contributed by atoms with E-state index in [9.17, 15) is 12.8 Å². The van der Waals surface area contributed by atoms with E-state index >= 15 is 0 Å². The molecule has 1 aliphatic carbocycles. The van der Waals surface area contributed by atoms with Gasteiger partial charge in [0.15, 0.2) is 0 Å². The minimum absolute atomic E-state index is 0. The number of hydrogen-bond donors (Lipinski definition) is 1. The average Bonchev–Trinajstić information content (AvgIpc) is 3.20. The maximum atomic E-state index is 14.5. The Labute approximate surface area is 174 Å². The number of nitrogens with zero attached hydrogens (tertiary/aromatic N) is 1. The van der Waals surface area contributed by atoms with Crippen LogP contribution in [-0.4, -0.2) is 19.4 Å². The van der Waals surface area contributed by atoms with Gasteiger partial charge >= 0.3 is 0 Å². The molecule has 0 bridgehead atoms.